The van der Waals surface area contributed by atoms with E-state index in [1.807, 2.05) is 6.08 Å². The molecule has 1 saturated carbocycles. The van der Waals surface area contributed by atoms with Crippen LogP contribution in [-0.4, -0.2) is 11.7 Å². The van der Waals surface area contributed by atoms with Crippen LogP contribution in [-0.2, 0) is 0 Å². The summed E-state index contributed by atoms with van der Waals surface area (Å²) in [6.07, 6.45) is 7.99. The minimum atomic E-state index is 0.205. The van der Waals surface area contributed by atoms with E-state index in [2.05, 4.69) is 6.08 Å². The first-order valence-electron chi connectivity index (χ1n) is 3.21. The first kappa shape index (κ1) is 5.83. The molecule has 8 heavy (non-hydrogen) atoms. The van der Waals surface area contributed by atoms with Crippen LogP contribution in [0.1, 0.15) is 19.3 Å². The topological polar surface area (TPSA) is 20.2 Å². The lowest BCUT2D eigenvalue weighted by atomic mass is 9.85. The molecule has 1 aliphatic carbocycles. The molecule has 0 aromatic rings. The Hall–Kier alpha value is -0.300. The molecule has 0 radical (unpaired) electrons. The maximum Gasteiger partial charge on any atom is 0.0612 e. The van der Waals surface area contributed by atoms with E-state index in [9.17, 15) is 0 Å². The molecule has 0 saturated heterocycles. The Kier molecular flexibility index (Phi) is 2.10. The molecule has 46 valence electrons. The number of aliphatic hydroxyl groups is 1. The highest BCUT2D eigenvalue weighted by Crippen LogP contribution is 2.26. The number of aliphatic hydroxyl groups excluding tert-OH is 1. The number of rotatable bonds is 2. The fourth-order valence-electron chi connectivity index (χ4n) is 0.886. The van der Waals surface area contributed by atoms with Gasteiger partial charge in [0.05, 0.1) is 6.61 Å². The zero-order valence-corrected chi connectivity index (χ0v) is 5.01. The van der Waals surface area contributed by atoms with Crippen LogP contribution in [0.4, 0.5) is 0 Å². The second-order valence-electron chi connectivity index (χ2n) is 2.30. The van der Waals surface area contributed by atoms with Crippen molar-refractivity contribution >= 4 is 0 Å². The van der Waals surface area contributed by atoms with Gasteiger partial charge >= 0.3 is 0 Å². The fourth-order valence-corrected chi connectivity index (χ4v) is 0.886. The standard InChI is InChI=1S/C7H12O/c8-6-2-5-7-3-1-4-7/h2,5,7-8H,1,3-4,6H2. The molecule has 1 rings (SSSR count). The van der Waals surface area contributed by atoms with Gasteiger partial charge in [-0.25, -0.2) is 0 Å². The third-order valence-corrected chi connectivity index (χ3v) is 1.66. The number of allylic oxidation sites excluding steroid dienone is 1. The van der Waals surface area contributed by atoms with E-state index in [4.69, 9.17) is 5.11 Å². The van der Waals surface area contributed by atoms with Crippen molar-refractivity contribution < 1.29 is 5.11 Å². The van der Waals surface area contributed by atoms with Gasteiger partial charge in [-0.15, -0.1) is 0 Å². The predicted molar refractivity (Wildman–Crippen MR) is 33.6 cm³/mol. The van der Waals surface area contributed by atoms with Crippen molar-refractivity contribution in [2.24, 2.45) is 5.92 Å². The summed E-state index contributed by atoms with van der Waals surface area (Å²) < 4.78 is 0. The summed E-state index contributed by atoms with van der Waals surface area (Å²) in [4.78, 5) is 0. The lowest BCUT2D eigenvalue weighted by molar-refractivity contribution is 0.337. The largest absolute Gasteiger partial charge is 0.392 e. The van der Waals surface area contributed by atoms with Gasteiger partial charge in [0.15, 0.2) is 0 Å². The number of hydrogen-bond donors (Lipinski definition) is 1. The van der Waals surface area contributed by atoms with Gasteiger partial charge in [0.25, 0.3) is 0 Å². The van der Waals surface area contributed by atoms with E-state index in [-0.39, 0.29) is 6.61 Å². The summed E-state index contributed by atoms with van der Waals surface area (Å²) in [5.74, 6) is 0.794. The molecule has 0 bridgehead atoms. The van der Waals surface area contributed by atoms with Crippen molar-refractivity contribution in [3.05, 3.63) is 12.2 Å². The highest BCUT2D eigenvalue weighted by atomic mass is 16.2. The van der Waals surface area contributed by atoms with Crippen LogP contribution in [0.15, 0.2) is 12.2 Å². The monoisotopic (exact) mass is 112 g/mol. The molecular weight excluding hydrogens is 100 g/mol. The molecule has 1 heteroatoms. The highest BCUT2D eigenvalue weighted by molar-refractivity contribution is 4.91. The van der Waals surface area contributed by atoms with Gasteiger partial charge in [0.1, 0.15) is 0 Å². The molecule has 0 amide bonds. The Labute approximate surface area is 50.0 Å². The maximum atomic E-state index is 8.35. The minimum absolute atomic E-state index is 0.205. The Morgan fingerprint density at radius 2 is 2.25 bits per heavy atom. The second-order valence-corrected chi connectivity index (χ2v) is 2.30. The Morgan fingerprint density at radius 1 is 1.50 bits per heavy atom. The van der Waals surface area contributed by atoms with E-state index in [1.54, 1.807) is 0 Å². The van der Waals surface area contributed by atoms with Gasteiger partial charge < -0.3 is 5.11 Å². The smallest absolute Gasteiger partial charge is 0.0612 e. The van der Waals surface area contributed by atoms with Crippen molar-refractivity contribution in [2.75, 3.05) is 6.61 Å². The van der Waals surface area contributed by atoms with Gasteiger partial charge in [-0.2, -0.15) is 0 Å². The molecule has 0 aromatic heterocycles. The van der Waals surface area contributed by atoms with Gasteiger partial charge in [-0.05, 0) is 18.8 Å². The lowest BCUT2D eigenvalue weighted by Gasteiger charge is -2.20. The van der Waals surface area contributed by atoms with Crippen LogP contribution in [0, 0.1) is 5.92 Å². The molecule has 0 unspecified atom stereocenters. The Morgan fingerprint density at radius 3 is 2.62 bits per heavy atom. The first-order chi connectivity index (χ1) is 3.93. The summed E-state index contributed by atoms with van der Waals surface area (Å²) in [7, 11) is 0. The normalized spacial score (nSPS) is 21.6. The third-order valence-electron chi connectivity index (χ3n) is 1.66. The average molecular weight is 112 g/mol. The van der Waals surface area contributed by atoms with Crippen LogP contribution in [0.2, 0.25) is 0 Å². The zero-order valence-electron chi connectivity index (χ0n) is 5.01. The summed E-state index contributed by atoms with van der Waals surface area (Å²) in [5, 5.41) is 8.35. The van der Waals surface area contributed by atoms with Crippen molar-refractivity contribution in [3.63, 3.8) is 0 Å². The molecule has 0 aliphatic heterocycles. The highest BCUT2D eigenvalue weighted by Gasteiger charge is 2.12. The predicted octanol–water partition coefficient (Wildman–Crippen LogP) is 1.33. The van der Waals surface area contributed by atoms with Gasteiger partial charge in [0.2, 0.25) is 0 Å². The lowest BCUT2D eigenvalue weighted by Crippen LogP contribution is -2.06. The Balaban J connectivity index is 2.08. The van der Waals surface area contributed by atoms with Crippen LogP contribution < -0.4 is 0 Å². The van der Waals surface area contributed by atoms with Crippen LogP contribution >= 0.6 is 0 Å². The van der Waals surface area contributed by atoms with Crippen LogP contribution in [0.3, 0.4) is 0 Å². The van der Waals surface area contributed by atoms with Gasteiger partial charge in [0, 0.05) is 0 Å². The molecule has 1 N–H and O–H groups in total. The van der Waals surface area contributed by atoms with Crippen molar-refractivity contribution in [1.82, 2.24) is 0 Å². The number of hydrogen-bond acceptors (Lipinski definition) is 1. The molecule has 0 atom stereocenters. The average Bonchev–Trinajstić information content (AvgIpc) is 1.63. The second kappa shape index (κ2) is 2.88. The molecule has 1 nitrogen and oxygen atoms in total. The summed E-state index contributed by atoms with van der Waals surface area (Å²) in [5.41, 5.74) is 0. The van der Waals surface area contributed by atoms with Crippen molar-refractivity contribution in [1.29, 1.82) is 0 Å². The van der Waals surface area contributed by atoms with Crippen LogP contribution in [0.5, 0.6) is 0 Å². The molecule has 0 heterocycles. The van der Waals surface area contributed by atoms with E-state index >= 15 is 0 Å². The molecule has 0 spiro atoms. The molecule has 1 fully saturated rings. The fraction of sp³-hybridized carbons (Fsp3) is 0.714. The summed E-state index contributed by atoms with van der Waals surface area (Å²) >= 11 is 0. The summed E-state index contributed by atoms with van der Waals surface area (Å²) in [6, 6.07) is 0. The molecule has 1 aliphatic rings. The van der Waals surface area contributed by atoms with E-state index < -0.39 is 0 Å². The zero-order chi connectivity index (χ0) is 5.82. The summed E-state index contributed by atoms with van der Waals surface area (Å²) in [6.45, 7) is 0.205. The van der Waals surface area contributed by atoms with Crippen molar-refractivity contribution in [3.8, 4) is 0 Å². The van der Waals surface area contributed by atoms with E-state index in [1.165, 1.54) is 19.3 Å². The first-order valence-corrected chi connectivity index (χ1v) is 3.21. The van der Waals surface area contributed by atoms with E-state index in [0.29, 0.717) is 0 Å². The molecule has 0 aromatic carbocycles. The quantitative estimate of drug-likeness (QED) is 0.534. The Bertz CT molecular complexity index is 82.4. The SMILES string of the molecule is OCC=CC1CCC1. The van der Waals surface area contributed by atoms with Gasteiger partial charge in [-0.1, -0.05) is 18.6 Å². The third kappa shape index (κ3) is 1.34. The van der Waals surface area contributed by atoms with Crippen LogP contribution in [0.25, 0.3) is 0 Å². The minimum Gasteiger partial charge on any atom is -0.392 e. The maximum absolute atomic E-state index is 8.35. The van der Waals surface area contributed by atoms with E-state index in [0.717, 1.165) is 5.92 Å². The van der Waals surface area contributed by atoms with Crippen molar-refractivity contribution in [2.45, 2.75) is 19.3 Å². The van der Waals surface area contributed by atoms with Gasteiger partial charge in [-0.3, -0.25) is 0 Å². The molecular formula is C7H12O.